The number of para-hydroxylation sites is 1. The number of amides is 1. The molecule has 0 aliphatic rings. The van der Waals surface area contributed by atoms with Crippen molar-refractivity contribution in [3.63, 3.8) is 0 Å². The van der Waals surface area contributed by atoms with Gasteiger partial charge in [0.1, 0.15) is 0 Å². The lowest BCUT2D eigenvalue weighted by molar-refractivity contribution is 0.0953. The molecule has 1 amide bonds. The van der Waals surface area contributed by atoms with Crippen LogP contribution in [0.5, 0.6) is 0 Å². The molecule has 98 valence electrons. The summed E-state index contributed by atoms with van der Waals surface area (Å²) in [6.45, 7) is 2.75. The number of carbonyl (C=O) groups is 1. The van der Waals surface area contributed by atoms with E-state index in [0.29, 0.717) is 12.1 Å². The molecule has 0 fully saturated rings. The highest BCUT2D eigenvalue weighted by molar-refractivity contribution is 5.94. The summed E-state index contributed by atoms with van der Waals surface area (Å²) < 4.78 is 0. The molecule has 0 atom stereocenters. The Bertz CT molecular complexity index is 520. The van der Waals surface area contributed by atoms with Crippen LogP contribution in [-0.4, -0.2) is 12.5 Å². The number of hydrogen-bond donors (Lipinski definition) is 2. The highest BCUT2D eigenvalue weighted by Gasteiger charge is 2.03. The second-order valence-corrected chi connectivity index (χ2v) is 4.32. The van der Waals surface area contributed by atoms with E-state index in [9.17, 15) is 4.79 Å². The molecule has 19 heavy (non-hydrogen) atoms. The molecule has 0 bridgehead atoms. The van der Waals surface area contributed by atoms with Crippen LogP contribution in [0.25, 0.3) is 0 Å². The van der Waals surface area contributed by atoms with Gasteiger partial charge in [0.2, 0.25) is 0 Å². The van der Waals surface area contributed by atoms with E-state index in [-0.39, 0.29) is 5.91 Å². The molecule has 0 radical (unpaired) electrons. The van der Waals surface area contributed by atoms with Crippen LogP contribution in [0.1, 0.15) is 23.7 Å². The van der Waals surface area contributed by atoms with Crippen molar-refractivity contribution in [1.29, 1.82) is 0 Å². The first-order valence-corrected chi connectivity index (χ1v) is 6.50. The van der Waals surface area contributed by atoms with E-state index in [0.717, 1.165) is 17.8 Å². The molecule has 0 aliphatic heterocycles. The van der Waals surface area contributed by atoms with Gasteiger partial charge in [-0.25, -0.2) is 0 Å². The molecule has 2 aromatic rings. The lowest BCUT2D eigenvalue weighted by Crippen LogP contribution is -2.23. The van der Waals surface area contributed by atoms with E-state index in [1.165, 1.54) is 0 Å². The van der Waals surface area contributed by atoms with E-state index < -0.39 is 0 Å². The summed E-state index contributed by atoms with van der Waals surface area (Å²) in [6, 6.07) is 17.4. The lowest BCUT2D eigenvalue weighted by atomic mass is 10.2. The predicted molar refractivity (Wildman–Crippen MR) is 78.8 cm³/mol. The second kappa shape index (κ2) is 6.59. The van der Waals surface area contributed by atoms with Gasteiger partial charge in [-0.1, -0.05) is 25.1 Å². The molecule has 0 saturated carbocycles. The van der Waals surface area contributed by atoms with Crippen LogP contribution in [-0.2, 0) is 0 Å². The van der Waals surface area contributed by atoms with Gasteiger partial charge in [0, 0.05) is 23.5 Å². The molecule has 0 aromatic heterocycles. The molecule has 0 aliphatic carbocycles. The number of carbonyl (C=O) groups excluding carboxylic acids is 1. The number of nitrogens with one attached hydrogen (secondary N) is 2. The largest absolute Gasteiger partial charge is 0.356 e. The fourth-order valence-electron chi connectivity index (χ4n) is 1.73. The number of hydrogen-bond acceptors (Lipinski definition) is 2. The van der Waals surface area contributed by atoms with Crippen molar-refractivity contribution in [1.82, 2.24) is 5.32 Å². The Kier molecular flexibility index (Phi) is 4.56. The maximum absolute atomic E-state index is 11.7. The van der Waals surface area contributed by atoms with E-state index in [4.69, 9.17) is 0 Å². The van der Waals surface area contributed by atoms with Gasteiger partial charge in [-0.05, 0) is 42.8 Å². The second-order valence-electron chi connectivity index (χ2n) is 4.32. The van der Waals surface area contributed by atoms with Crippen molar-refractivity contribution < 1.29 is 4.79 Å². The molecule has 0 unspecified atom stereocenters. The molecule has 0 spiro atoms. The molecule has 0 saturated heterocycles. The third-order valence-corrected chi connectivity index (χ3v) is 2.75. The van der Waals surface area contributed by atoms with E-state index in [1.54, 1.807) is 0 Å². The molecule has 3 heteroatoms. The SMILES string of the molecule is CCCNC(=O)c1ccc(Nc2ccccc2)cc1. The van der Waals surface area contributed by atoms with Gasteiger partial charge in [-0.2, -0.15) is 0 Å². The summed E-state index contributed by atoms with van der Waals surface area (Å²) in [5.41, 5.74) is 2.69. The van der Waals surface area contributed by atoms with E-state index >= 15 is 0 Å². The standard InChI is InChI=1S/C16H18N2O/c1-2-12-17-16(19)13-8-10-15(11-9-13)18-14-6-4-3-5-7-14/h3-11,18H,2,12H2,1H3,(H,17,19). The minimum absolute atomic E-state index is 0.0203. The smallest absolute Gasteiger partial charge is 0.251 e. The minimum atomic E-state index is -0.0203. The van der Waals surface area contributed by atoms with Gasteiger partial charge < -0.3 is 10.6 Å². The zero-order chi connectivity index (χ0) is 13.5. The van der Waals surface area contributed by atoms with Crippen molar-refractivity contribution in [2.75, 3.05) is 11.9 Å². The normalized spacial score (nSPS) is 9.95. The van der Waals surface area contributed by atoms with Gasteiger partial charge in [0.15, 0.2) is 0 Å². The van der Waals surface area contributed by atoms with Gasteiger partial charge in [-0.3, -0.25) is 4.79 Å². The van der Waals surface area contributed by atoms with Gasteiger partial charge >= 0.3 is 0 Å². The average molecular weight is 254 g/mol. The number of rotatable bonds is 5. The Morgan fingerprint density at radius 3 is 2.21 bits per heavy atom. The Balaban J connectivity index is 2.00. The van der Waals surface area contributed by atoms with Crippen LogP contribution in [0.15, 0.2) is 54.6 Å². The van der Waals surface area contributed by atoms with E-state index in [1.807, 2.05) is 61.5 Å². The van der Waals surface area contributed by atoms with Gasteiger partial charge in [0.25, 0.3) is 5.91 Å². The fraction of sp³-hybridized carbons (Fsp3) is 0.188. The fourth-order valence-corrected chi connectivity index (χ4v) is 1.73. The Morgan fingerprint density at radius 2 is 1.58 bits per heavy atom. The Morgan fingerprint density at radius 1 is 0.947 bits per heavy atom. The van der Waals surface area contributed by atoms with Crippen LogP contribution in [0.2, 0.25) is 0 Å². The summed E-state index contributed by atoms with van der Waals surface area (Å²) >= 11 is 0. The van der Waals surface area contributed by atoms with E-state index in [2.05, 4.69) is 10.6 Å². The third-order valence-electron chi connectivity index (χ3n) is 2.75. The summed E-state index contributed by atoms with van der Waals surface area (Å²) in [4.78, 5) is 11.7. The molecular formula is C16H18N2O. The van der Waals surface area contributed by atoms with Crippen molar-refractivity contribution in [2.24, 2.45) is 0 Å². The van der Waals surface area contributed by atoms with Crippen LogP contribution in [0.3, 0.4) is 0 Å². The number of benzene rings is 2. The van der Waals surface area contributed by atoms with Crippen molar-refractivity contribution in [2.45, 2.75) is 13.3 Å². The highest BCUT2D eigenvalue weighted by Crippen LogP contribution is 2.16. The van der Waals surface area contributed by atoms with Crippen molar-refractivity contribution in [3.05, 3.63) is 60.2 Å². The quantitative estimate of drug-likeness (QED) is 0.856. The first kappa shape index (κ1) is 13.1. The minimum Gasteiger partial charge on any atom is -0.356 e. The monoisotopic (exact) mass is 254 g/mol. The Hall–Kier alpha value is -2.29. The molecular weight excluding hydrogens is 236 g/mol. The zero-order valence-electron chi connectivity index (χ0n) is 11.0. The lowest BCUT2D eigenvalue weighted by Gasteiger charge is -2.07. The summed E-state index contributed by atoms with van der Waals surface area (Å²) in [6.07, 6.45) is 0.944. The molecule has 2 rings (SSSR count). The number of anilines is 2. The molecule has 2 aromatic carbocycles. The van der Waals surface area contributed by atoms with Crippen LogP contribution in [0, 0.1) is 0 Å². The topological polar surface area (TPSA) is 41.1 Å². The van der Waals surface area contributed by atoms with Crippen molar-refractivity contribution in [3.8, 4) is 0 Å². The van der Waals surface area contributed by atoms with Crippen LogP contribution >= 0.6 is 0 Å². The predicted octanol–water partition coefficient (Wildman–Crippen LogP) is 3.57. The van der Waals surface area contributed by atoms with Gasteiger partial charge in [0.05, 0.1) is 0 Å². The summed E-state index contributed by atoms with van der Waals surface area (Å²) in [7, 11) is 0. The maximum atomic E-state index is 11.7. The summed E-state index contributed by atoms with van der Waals surface area (Å²) in [5, 5.41) is 6.14. The Labute approximate surface area is 113 Å². The van der Waals surface area contributed by atoms with Gasteiger partial charge in [-0.15, -0.1) is 0 Å². The molecule has 2 N–H and O–H groups in total. The summed E-state index contributed by atoms with van der Waals surface area (Å²) in [5.74, 6) is -0.0203. The van der Waals surface area contributed by atoms with Crippen molar-refractivity contribution >= 4 is 17.3 Å². The zero-order valence-corrected chi connectivity index (χ0v) is 11.0. The maximum Gasteiger partial charge on any atom is 0.251 e. The first-order valence-electron chi connectivity index (χ1n) is 6.50. The molecule has 0 heterocycles. The first-order chi connectivity index (χ1) is 9.29. The van der Waals surface area contributed by atoms with Crippen LogP contribution in [0.4, 0.5) is 11.4 Å². The third kappa shape index (κ3) is 3.85. The van der Waals surface area contributed by atoms with Crippen LogP contribution < -0.4 is 10.6 Å². The molecule has 3 nitrogen and oxygen atoms in total. The highest BCUT2D eigenvalue weighted by atomic mass is 16.1. The average Bonchev–Trinajstić information content (AvgIpc) is 2.46.